The van der Waals surface area contributed by atoms with Crippen molar-refractivity contribution in [3.63, 3.8) is 0 Å². The fraction of sp³-hybridized carbons (Fsp3) is 0.385. The Morgan fingerprint density at radius 1 is 0.947 bits per heavy atom. The molecule has 5 nitrogen and oxygen atoms in total. The number of aromatic nitrogens is 4. The minimum Gasteiger partial charge on any atom is -0.373 e. The number of nitrogens with one attached hydrogen (secondary N) is 1. The van der Waals surface area contributed by atoms with E-state index in [0.29, 0.717) is 5.75 Å². The Hall–Kier alpha value is -1.69. The molecule has 2 aromatic heterocycles. The maximum absolute atomic E-state index is 4.41. The van der Waals surface area contributed by atoms with Gasteiger partial charge in [-0.15, -0.1) is 0 Å². The molecule has 0 amide bonds. The van der Waals surface area contributed by atoms with Gasteiger partial charge in [0, 0.05) is 30.2 Å². The lowest BCUT2D eigenvalue weighted by Crippen LogP contribution is -2.01. The second-order valence-corrected chi connectivity index (χ2v) is 5.23. The largest absolute Gasteiger partial charge is 0.373 e. The van der Waals surface area contributed by atoms with Crippen LogP contribution in [-0.2, 0) is 5.75 Å². The van der Waals surface area contributed by atoms with Crippen molar-refractivity contribution in [1.29, 1.82) is 0 Å². The van der Waals surface area contributed by atoms with E-state index in [0.717, 1.165) is 33.9 Å². The van der Waals surface area contributed by atoms with Crippen LogP contribution in [0.1, 0.15) is 22.9 Å². The summed E-state index contributed by atoms with van der Waals surface area (Å²) < 4.78 is 0. The van der Waals surface area contributed by atoms with Crippen LogP contribution in [0.15, 0.2) is 17.3 Å². The fourth-order valence-electron chi connectivity index (χ4n) is 1.71. The van der Waals surface area contributed by atoms with Gasteiger partial charge in [0.25, 0.3) is 0 Å². The topological polar surface area (TPSA) is 63.6 Å². The highest BCUT2D eigenvalue weighted by Crippen LogP contribution is 2.19. The molecule has 0 aliphatic heterocycles. The number of rotatable bonds is 4. The molecule has 0 saturated heterocycles. The molecule has 0 saturated carbocycles. The van der Waals surface area contributed by atoms with Crippen LogP contribution in [0.4, 0.5) is 5.82 Å². The molecule has 0 atom stereocenters. The van der Waals surface area contributed by atoms with Gasteiger partial charge < -0.3 is 5.32 Å². The number of hydrogen-bond acceptors (Lipinski definition) is 6. The standard InChI is InChI=1S/C13H17N5S/c1-8-5-9(2)17-13(16-8)19-7-12-15-10(3)6-11(14-4)18-12/h5-6H,7H2,1-4H3,(H,14,15,18). The van der Waals surface area contributed by atoms with E-state index in [9.17, 15) is 0 Å². The lowest BCUT2D eigenvalue weighted by Gasteiger charge is -2.05. The molecule has 0 unspecified atom stereocenters. The smallest absolute Gasteiger partial charge is 0.188 e. The summed E-state index contributed by atoms with van der Waals surface area (Å²) in [5.41, 5.74) is 2.92. The predicted molar refractivity (Wildman–Crippen MR) is 77.4 cm³/mol. The van der Waals surface area contributed by atoms with Gasteiger partial charge in [-0.25, -0.2) is 19.9 Å². The lowest BCUT2D eigenvalue weighted by molar-refractivity contribution is 0.898. The summed E-state index contributed by atoms with van der Waals surface area (Å²) in [6.07, 6.45) is 0. The van der Waals surface area contributed by atoms with Crippen molar-refractivity contribution < 1.29 is 0 Å². The van der Waals surface area contributed by atoms with Crippen LogP contribution in [-0.4, -0.2) is 27.0 Å². The molecule has 0 fully saturated rings. The molecule has 2 aromatic rings. The van der Waals surface area contributed by atoms with Crippen LogP contribution in [0.2, 0.25) is 0 Å². The number of nitrogens with zero attached hydrogens (tertiary/aromatic N) is 4. The Labute approximate surface area is 117 Å². The second kappa shape index (κ2) is 5.97. The van der Waals surface area contributed by atoms with Crippen LogP contribution in [0.5, 0.6) is 0 Å². The summed E-state index contributed by atoms with van der Waals surface area (Å²) >= 11 is 1.55. The van der Waals surface area contributed by atoms with Gasteiger partial charge in [-0.3, -0.25) is 0 Å². The Bertz CT molecular complexity index is 565. The van der Waals surface area contributed by atoms with Gasteiger partial charge in [0.1, 0.15) is 11.6 Å². The van der Waals surface area contributed by atoms with Crippen molar-refractivity contribution in [2.24, 2.45) is 0 Å². The SMILES string of the molecule is CNc1cc(C)nc(CSc2nc(C)cc(C)n2)n1. The van der Waals surface area contributed by atoms with Crippen LogP contribution < -0.4 is 5.32 Å². The Morgan fingerprint density at radius 2 is 1.58 bits per heavy atom. The molecule has 0 radical (unpaired) electrons. The van der Waals surface area contributed by atoms with Crippen molar-refractivity contribution in [1.82, 2.24) is 19.9 Å². The quantitative estimate of drug-likeness (QED) is 0.683. The Balaban J connectivity index is 2.11. The molecular weight excluding hydrogens is 258 g/mol. The van der Waals surface area contributed by atoms with E-state index in [1.165, 1.54) is 0 Å². The first-order valence-corrected chi connectivity index (χ1v) is 7.03. The maximum atomic E-state index is 4.41. The van der Waals surface area contributed by atoms with E-state index < -0.39 is 0 Å². The molecule has 0 bridgehead atoms. The van der Waals surface area contributed by atoms with E-state index in [2.05, 4.69) is 25.3 Å². The van der Waals surface area contributed by atoms with E-state index >= 15 is 0 Å². The zero-order valence-electron chi connectivity index (χ0n) is 11.6. The summed E-state index contributed by atoms with van der Waals surface area (Å²) in [5.74, 6) is 2.29. The molecule has 2 rings (SSSR count). The normalized spacial score (nSPS) is 10.5. The summed E-state index contributed by atoms with van der Waals surface area (Å²) in [4.78, 5) is 17.6. The van der Waals surface area contributed by atoms with Crippen LogP contribution in [0.25, 0.3) is 0 Å². The first-order valence-electron chi connectivity index (χ1n) is 6.04. The highest BCUT2D eigenvalue weighted by molar-refractivity contribution is 7.98. The van der Waals surface area contributed by atoms with Gasteiger partial charge >= 0.3 is 0 Å². The highest BCUT2D eigenvalue weighted by Gasteiger charge is 2.05. The highest BCUT2D eigenvalue weighted by atomic mass is 32.2. The minimum absolute atomic E-state index is 0.666. The molecule has 19 heavy (non-hydrogen) atoms. The Morgan fingerprint density at radius 3 is 2.21 bits per heavy atom. The lowest BCUT2D eigenvalue weighted by atomic mass is 10.4. The van der Waals surface area contributed by atoms with Crippen LogP contribution >= 0.6 is 11.8 Å². The average molecular weight is 275 g/mol. The van der Waals surface area contributed by atoms with Gasteiger partial charge in [0.2, 0.25) is 0 Å². The second-order valence-electron chi connectivity index (χ2n) is 4.28. The van der Waals surface area contributed by atoms with Crippen molar-refractivity contribution >= 4 is 17.6 Å². The first kappa shape index (κ1) is 13.7. The zero-order chi connectivity index (χ0) is 13.8. The average Bonchev–Trinajstić information content (AvgIpc) is 2.34. The van der Waals surface area contributed by atoms with E-state index in [1.54, 1.807) is 11.8 Å². The molecular formula is C13H17N5S. The summed E-state index contributed by atoms with van der Waals surface area (Å²) in [7, 11) is 1.85. The fourth-order valence-corrected chi connectivity index (χ4v) is 2.51. The van der Waals surface area contributed by atoms with Gasteiger partial charge in [-0.05, 0) is 26.8 Å². The van der Waals surface area contributed by atoms with E-state index in [-0.39, 0.29) is 0 Å². The van der Waals surface area contributed by atoms with Crippen LogP contribution in [0, 0.1) is 20.8 Å². The number of anilines is 1. The van der Waals surface area contributed by atoms with Crippen molar-refractivity contribution in [2.75, 3.05) is 12.4 Å². The number of aryl methyl sites for hydroxylation is 3. The first-order chi connectivity index (χ1) is 9.06. The van der Waals surface area contributed by atoms with E-state index in [1.807, 2.05) is 40.0 Å². The van der Waals surface area contributed by atoms with Gasteiger partial charge in [0.05, 0.1) is 5.75 Å². The monoisotopic (exact) mass is 275 g/mol. The molecule has 6 heteroatoms. The van der Waals surface area contributed by atoms with Gasteiger partial charge in [-0.2, -0.15) is 0 Å². The van der Waals surface area contributed by atoms with Crippen molar-refractivity contribution in [3.05, 3.63) is 35.0 Å². The van der Waals surface area contributed by atoms with Gasteiger partial charge in [-0.1, -0.05) is 11.8 Å². The maximum Gasteiger partial charge on any atom is 0.188 e. The predicted octanol–water partition coefficient (Wildman–Crippen LogP) is 2.53. The summed E-state index contributed by atoms with van der Waals surface area (Å²) in [6, 6.07) is 3.88. The molecule has 0 aromatic carbocycles. The number of hydrogen-bond donors (Lipinski definition) is 1. The van der Waals surface area contributed by atoms with Crippen LogP contribution in [0.3, 0.4) is 0 Å². The molecule has 0 aliphatic carbocycles. The molecule has 0 spiro atoms. The third kappa shape index (κ3) is 3.89. The molecule has 2 heterocycles. The van der Waals surface area contributed by atoms with Crippen molar-refractivity contribution in [2.45, 2.75) is 31.7 Å². The summed E-state index contributed by atoms with van der Waals surface area (Å²) in [5, 5.41) is 3.80. The third-order valence-corrected chi connectivity index (χ3v) is 3.29. The van der Waals surface area contributed by atoms with E-state index in [4.69, 9.17) is 0 Å². The molecule has 0 aliphatic rings. The molecule has 100 valence electrons. The molecule has 1 N–H and O–H groups in total. The summed E-state index contributed by atoms with van der Waals surface area (Å²) in [6.45, 7) is 5.91. The zero-order valence-corrected chi connectivity index (χ0v) is 12.4. The van der Waals surface area contributed by atoms with Crippen molar-refractivity contribution in [3.8, 4) is 0 Å². The van der Waals surface area contributed by atoms with Gasteiger partial charge in [0.15, 0.2) is 5.16 Å². The number of thioether (sulfide) groups is 1. The third-order valence-electron chi connectivity index (χ3n) is 2.45. The minimum atomic E-state index is 0.666. The Kier molecular flexibility index (Phi) is 4.31.